The van der Waals surface area contributed by atoms with Gasteiger partial charge in [-0.15, -0.1) is 0 Å². The summed E-state index contributed by atoms with van der Waals surface area (Å²) >= 11 is 1.55. The van der Waals surface area contributed by atoms with Gasteiger partial charge >= 0.3 is 0 Å². The number of aryl methyl sites for hydroxylation is 1. The first-order valence-corrected chi connectivity index (χ1v) is 9.87. The third kappa shape index (κ3) is 4.91. The van der Waals surface area contributed by atoms with E-state index in [1.807, 2.05) is 28.8 Å². The first kappa shape index (κ1) is 18.6. The molecule has 0 spiro atoms. The smallest absolute Gasteiger partial charge is 0.287 e. The van der Waals surface area contributed by atoms with Crippen LogP contribution in [0.3, 0.4) is 0 Å². The van der Waals surface area contributed by atoms with Gasteiger partial charge in [-0.1, -0.05) is 18.2 Å². The zero-order chi connectivity index (χ0) is 18.4. The predicted octanol–water partition coefficient (Wildman–Crippen LogP) is 2.44. The number of hydrogen-bond acceptors (Lipinski definition) is 5. The van der Waals surface area contributed by atoms with Crippen molar-refractivity contribution in [2.24, 2.45) is 7.05 Å². The molecule has 1 fully saturated rings. The summed E-state index contributed by atoms with van der Waals surface area (Å²) in [6.45, 7) is 1.76. The van der Waals surface area contributed by atoms with E-state index in [1.54, 1.807) is 24.0 Å². The minimum atomic E-state index is -0.250. The first-order chi connectivity index (χ1) is 12.6. The molecule has 1 saturated heterocycles. The number of imidazole rings is 1. The van der Waals surface area contributed by atoms with Crippen molar-refractivity contribution in [2.75, 3.05) is 19.6 Å². The Kier molecular flexibility index (Phi) is 6.38. The quantitative estimate of drug-likeness (QED) is 0.751. The predicted molar refractivity (Wildman–Crippen MR) is 98.9 cm³/mol. The fourth-order valence-corrected chi connectivity index (χ4v) is 3.70. The van der Waals surface area contributed by atoms with Crippen LogP contribution in [-0.4, -0.2) is 45.9 Å². The van der Waals surface area contributed by atoms with E-state index >= 15 is 0 Å². The van der Waals surface area contributed by atoms with Gasteiger partial charge in [0.05, 0.1) is 5.75 Å². The van der Waals surface area contributed by atoms with Crippen LogP contribution in [-0.2, 0) is 17.6 Å². The summed E-state index contributed by atoms with van der Waals surface area (Å²) in [6, 6.07) is 3.49. The summed E-state index contributed by atoms with van der Waals surface area (Å²) in [5, 5.41) is 3.73. The molecule has 7 nitrogen and oxygen atoms in total. The van der Waals surface area contributed by atoms with Crippen molar-refractivity contribution >= 4 is 23.6 Å². The molecule has 0 radical (unpaired) electrons. The molecule has 8 heteroatoms. The number of nitrogens with zero attached hydrogens (tertiary/aromatic N) is 3. The second-order valence-electron chi connectivity index (χ2n) is 6.32. The van der Waals surface area contributed by atoms with Gasteiger partial charge in [-0.2, -0.15) is 0 Å². The van der Waals surface area contributed by atoms with Crippen molar-refractivity contribution < 1.29 is 14.0 Å². The molecule has 2 aromatic heterocycles. The van der Waals surface area contributed by atoms with E-state index in [0.717, 1.165) is 36.7 Å². The lowest BCUT2D eigenvalue weighted by atomic mass is 10.2. The number of rotatable bonds is 7. The van der Waals surface area contributed by atoms with Gasteiger partial charge < -0.3 is 19.2 Å². The Bertz CT molecular complexity index is 755. The van der Waals surface area contributed by atoms with Crippen LogP contribution in [0, 0.1) is 0 Å². The molecule has 0 unspecified atom stereocenters. The molecule has 26 heavy (non-hydrogen) atoms. The van der Waals surface area contributed by atoms with E-state index < -0.39 is 0 Å². The third-order valence-electron chi connectivity index (χ3n) is 4.34. The molecule has 0 aromatic carbocycles. The van der Waals surface area contributed by atoms with Crippen LogP contribution < -0.4 is 5.32 Å². The van der Waals surface area contributed by atoms with Gasteiger partial charge in [-0.3, -0.25) is 9.59 Å². The summed E-state index contributed by atoms with van der Waals surface area (Å²) in [6.07, 6.45) is 7.35. The van der Waals surface area contributed by atoms with Crippen molar-refractivity contribution in [3.8, 4) is 0 Å². The molecule has 1 aliphatic rings. The number of likely N-dealkylation sites (tertiary alicyclic amines) is 1. The number of carbonyl (C=O) groups is 2. The molecule has 0 bridgehead atoms. The Balaban J connectivity index is 1.44. The molecule has 1 aliphatic heterocycles. The maximum absolute atomic E-state index is 12.2. The number of carbonyl (C=O) groups excluding carboxylic acids is 2. The first-order valence-electron chi connectivity index (χ1n) is 8.88. The van der Waals surface area contributed by atoms with Gasteiger partial charge in [0.15, 0.2) is 10.9 Å². The van der Waals surface area contributed by atoms with E-state index in [2.05, 4.69) is 10.3 Å². The lowest BCUT2D eigenvalue weighted by Crippen LogP contribution is -2.38. The van der Waals surface area contributed by atoms with Crippen LogP contribution in [0.5, 0.6) is 0 Å². The zero-order valence-corrected chi connectivity index (χ0v) is 15.8. The summed E-state index contributed by atoms with van der Waals surface area (Å²) in [7, 11) is 1.94. The van der Waals surface area contributed by atoms with Crippen molar-refractivity contribution in [1.82, 2.24) is 19.8 Å². The topological polar surface area (TPSA) is 80.4 Å². The van der Waals surface area contributed by atoms with Crippen molar-refractivity contribution in [3.63, 3.8) is 0 Å². The highest BCUT2D eigenvalue weighted by molar-refractivity contribution is 7.98. The summed E-state index contributed by atoms with van der Waals surface area (Å²) in [5.41, 5.74) is 0. The molecule has 140 valence electrons. The normalized spacial score (nSPS) is 15.1. The highest BCUT2D eigenvalue weighted by Crippen LogP contribution is 2.21. The van der Waals surface area contributed by atoms with Crippen LogP contribution in [0.1, 0.15) is 42.0 Å². The van der Waals surface area contributed by atoms with Crippen molar-refractivity contribution in [2.45, 2.75) is 36.6 Å². The van der Waals surface area contributed by atoms with E-state index in [1.165, 1.54) is 0 Å². The molecule has 2 amide bonds. The number of furan rings is 1. The zero-order valence-electron chi connectivity index (χ0n) is 14.9. The van der Waals surface area contributed by atoms with Gasteiger partial charge in [0.25, 0.3) is 5.91 Å². The van der Waals surface area contributed by atoms with Gasteiger partial charge in [0.1, 0.15) is 5.76 Å². The summed E-state index contributed by atoms with van der Waals surface area (Å²) in [4.78, 5) is 30.2. The van der Waals surface area contributed by atoms with Crippen LogP contribution in [0.25, 0.3) is 0 Å². The van der Waals surface area contributed by atoms with Gasteiger partial charge in [0, 0.05) is 45.5 Å². The monoisotopic (exact) mass is 376 g/mol. The van der Waals surface area contributed by atoms with E-state index in [9.17, 15) is 9.59 Å². The minimum absolute atomic E-state index is 0.184. The highest BCUT2D eigenvalue weighted by atomic mass is 32.2. The average molecular weight is 376 g/mol. The van der Waals surface area contributed by atoms with Crippen LogP contribution >= 0.6 is 11.8 Å². The van der Waals surface area contributed by atoms with Gasteiger partial charge in [0.2, 0.25) is 5.91 Å². The fraction of sp³-hybridized carbons (Fsp3) is 0.500. The number of nitrogens with one attached hydrogen (secondary N) is 1. The number of thioether (sulfide) groups is 1. The molecule has 0 saturated carbocycles. The standard InChI is InChI=1S/C18H24N4O3S/c1-21-11-8-20-18(21)26-13-14-6-7-15(25-14)17(24)19-9-12-22-10-4-2-3-5-16(22)23/h6-8,11H,2-5,9-10,12-13H2,1H3,(H,19,24). The molecular weight excluding hydrogens is 352 g/mol. The maximum Gasteiger partial charge on any atom is 0.287 e. The van der Waals surface area contributed by atoms with Crippen LogP contribution in [0.15, 0.2) is 34.1 Å². The number of hydrogen-bond donors (Lipinski definition) is 1. The lowest BCUT2D eigenvalue weighted by Gasteiger charge is -2.20. The van der Waals surface area contributed by atoms with Crippen molar-refractivity contribution in [3.05, 3.63) is 36.0 Å². The SMILES string of the molecule is Cn1ccnc1SCc1ccc(C(=O)NCCN2CCCCCC2=O)o1. The van der Waals surface area contributed by atoms with E-state index in [4.69, 9.17) is 4.42 Å². The lowest BCUT2D eigenvalue weighted by molar-refractivity contribution is -0.130. The maximum atomic E-state index is 12.2. The van der Waals surface area contributed by atoms with Gasteiger partial charge in [-0.05, 0) is 25.0 Å². The van der Waals surface area contributed by atoms with Gasteiger partial charge in [-0.25, -0.2) is 4.98 Å². The Morgan fingerprint density at radius 3 is 3.04 bits per heavy atom. The second-order valence-corrected chi connectivity index (χ2v) is 7.27. The Hall–Kier alpha value is -2.22. The molecule has 3 heterocycles. The second kappa shape index (κ2) is 8.93. The Morgan fingerprint density at radius 1 is 1.35 bits per heavy atom. The molecule has 3 rings (SSSR count). The Labute approximate surface area is 157 Å². The van der Waals surface area contributed by atoms with E-state index in [0.29, 0.717) is 31.0 Å². The van der Waals surface area contributed by atoms with Crippen LogP contribution in [0.4, 0.5) is 0 Å². The summed E-state index contributed by atoms with van der Waals surface area (Å²) < 4.78 is 7.55. The minimum Gasteiger partial charge on any atom is -0.455 e. The third-order valence-corrected chi connectivity index (χ3v) is 5.43. The molecule has 0 aliphatic carbocycles. The fourth-order valence-electron chi connectivity index (χ4n) is 2.87. The van der Waals surface area contributed by atoms with Crippen LogP contribution in [0.2, 0.25) is 0 Å². The molecular formula is C18H24N4O3S. The molecule has 2 aromatic rings. The number of aromatic nitrogens is 2. The highest BCUT2D eigenvalue weighted by Gasteiger charge is 2.17. The molecule has 0 atom stereocenters. The van der Waals surface area contributed by atoms with Crippen molar-refractivity contribution in [1.29, 1.82) is 0 Å². The largest absolute Gasteiger partial charge is 0.455 e. The van der Waals surface area contributed by atoms with E-state index in [-0.39, 0.29) is 11.8 Å². The summed E-state index contributed by atoms with van der Waals surface area (Å²) in [5.74, 6) is 1.57. The number of amides is 2. The Morgan fingerprint density at radius 2 is 2.23 bits per heavy atom. The molecule has 1 N–H and O–H groups in total. The average Bonchev–Trinajstić information content (AvgIpc) is 3.21.